The van der Waals surface area contributed by atoms with E-state index >= 15 is 0 Å². The molecular formula is C15H14F3N7O. The molecule has 0 aliphatic carbocycles. The van der Waals surface area contributed by atoms with Crippen LogP contribution < -0.4 is 16.0 Å². The van der Waals surface area contributed by atoms with Crippen LogP contribution in [0.5, 0.6) is 0 Å². The predicted octanol–water partition coefficient (Wildman–Crippen LogP) is 3.03. The molecule has 0 bridgehead atoms. The molecule has 0 atom stereocenters. The fourth-order valence-electron chi connectivity index (χ4n) is 2.22. The summed E-state index contributed by atoms with van der Waals surface area (Å²) in [7, 11) is 0. The molecule has 0 aliphatic heterocycles. The number of amides is 1. The van der Waals surface area contributed by atoms with E-state index in [1.807, 2.05) is 0 Å². The van der Waals surface area contributed by atoms with Crippen molar-refractivity contribution >= 4 is 40.1 Å². The number of alkyl halides is 3. The molecule has 3 heterocycles. The standard InChI is InChI=1S/C15H14F3N7O/c1-8(26)22-9-4-10(6-19-5-9)23-14-24-12-11(2-3-20-12)13(25-14)21-7-15(16,17)18/h2-6H,7H2,1H3,(H,22,26)(H3,20,21,23,24,25). The van der Waals surface area contributed by atoms with Gasteiger partial charge in [-0.1, -0.05) is 0 Å². The second kappa shape index (κ2) is 6.86. The monoisotopic (exact) mass is 365 g/mol. The number of hydrogen-bond acceptors (Lipinski definition) is 6. The van der Waals surface area contributed by atoms with Crippen LogP contribution in [0, 0.1) is 0 Å². The Hall–Kier alpha value is -3.37. The molecule has 3 rings (SSSR count). The number of rotatable bonds is 5. The summed E-state index contributed by atoms with van der Waals surface area (Å²) < 4.78 is 37.5. The van der Waals surface area contributed by atoms with E-state index in [9.17, 15) is 18.0 Å². The number of fused-ring (bicyclic) bond motifs is 1. The predicted molar refractivity (Wildman–Crippen MR) is 90.3 cm³/mol. The molecule has 0 spiro atoms. The Balaban J connectivity index is 1.87. The highest BCUT2D eigenvalue weighted by Gasteiger charge is 2.27. The number of carbonyl (C=O) groups excluding carboxylic acids is 1. The average Bonchev–Trinajstić information content (AvgIpc) is 3.00. The van der Waals surface area contributed by atoms with Gasteiger partial charge in [-0.05, 0) is 12.1 Å². The van der Waals surface area contributed by atoms with Gasteiger partial charge < -0.3 is 20.9 Å². The molecule has 1 amide bonds. The Morgan fingerprint density at radius 2 is 2.00 bits per heavy atom. The van der Waals surface area contributed by atoms with Crippen LogP contribution in [0.2, 0.25) is 0 Å². The van der Waals surface area contributed by atoms with Gasteiger partial charge in [-0.2, -0.15) is 23.1 Å². The van der Waals surface area contributed by atoms with Crippen molar-refractivity contribution in [2.45, 2.75) is 13.1 Å². The Kier molecular flexibility index (Phi) is 4.61. The fourth-order valence-corrected chi connectivity index (χ4v) is 2.22. The maximum Gasteiger partial charge on any atom is 0.405 e. The first-order valence-electron chi connectivity index (χ1n) is 7.45. The van der Waals surface area contributed by atoms with E-state index < -0.39 is 12.7 Å². The van der Waals surface area contributed by atoms with E-state index in [4.69, 9.17) is 0 Å². The van der Waals surface area contributed by atoms with Crippen molar-refractivity contribution in [2.75, 3.05) is 22.5 Å². The molecule has 0 unspecified atom stereocenters. The van der Waals surface area contributed by atoms with Gasteiger partial charge in [0.05, 0.1) is 29.2 Å². The van der Waals surface area contributed by atoms with E-state index in [-0.39, 0.29) is 17.7 Å². The van der Waals surface area contributed by atoms with E-state index in [0.717, 1.165) is 0 Å². The quantitative estimate of drug-likeness (QED) is 0.554. The maximum atomic E-state index is 12.5. The summed E-state index contributed by atoms with van der Waals surface area (Å²) in [6.07, 6.45) is 0.104. The Morgan fingerprint density at radius 3 is 2.73 bits per heavy atom. The average molecular weight is 365 g/mol. The number of aromatic amines is 1. The van der Waals surface area contributed by atoms with E-state index in [0.29, 0.717) is 22.4 Å². The molecule has 0 saturated carbocycles. The summed E-state index contributed by atoms with van der Waals surface area (Å²) in [5, 5.41) is 8.14. The van der Waals surface area contributed by atoms with E-state index in [1.54, 1.807) is 18.3 Å². The third-order valence-electron chi connectivity index (χ3n) is 3.19. The highest BCUT2D eigenvalue weighted by molar-refractivity contribution is 5.90. The number of anilines is 4. The zero-order chi connectivity index (χ0) is 18.7. The molecule has 11 heteroatoms. The molecule has 4 N–H and O–H groups in total. The van der Waals surface area contributed by atoms with Gasteiger partial charge in [-0.3, -0.25) is 9.78 Å². The second-order valence-corrected chi connectivity index (χ2v) is 5.37. The first kappa shape index (κ1) is 17.5. The summed E-state index contributed by atoms with van der Waals surface area (Å²) in [6.45, 7) is 0.143. The topological polar surface area (TPSA) is 108 Å². The minimum Gasteiger partial charge on any atom is -0.360 e. The number of hydrogen-bond donors (Lipinski definition) is 4. The molecule has 0 saturated heterocycles. The first-order chi connectivity index (χ1) is 12.3. The van der Waals surface area contributed by atoms with Gasteiger partial charge in [-0.15, -0.1) is 0 Å². The Morgan fingerprint density at radius 1 is 1.23 bits per heavy atom. The number of H-pyrrole nitrogens is 1. The smallest absolute Gasteiger partial charge is 0.360 e. The van der Waals surface area contributed by atoms with Crippen molar-refractivity contribution < 1.29 is 18.0 Å². The van der Waals surface area contributed by atoms with Gasteiger partial charge in [0.15, 0.2) is 0 Å². The number of aromatic nitrogens is 4. The van der Waals surface area contributed by atoms with Crippen molar-refractivity contribution in [1.82, 2.24) is 19.9 Å². The van der Waals surface area contributed by atoms with Gasteiger partial charge in [0, 0.05) is 13.1 Å². The van der Waals surface area contributed by atoms with Crippen molar-refractivity contribution in [3.05, 3.63) is 30.7 Å². The van der Waals surface area contributed by atoms with Crippen molar-refractivity contribution in [1.29, 1.82) is 0 Å². The lowest BCUT2D eigenvalue weighted by Crippen LogP contribution is -2.22. The van der Waals surface area contributed by atoms with Crippen LogP contribution in [-0.2, 0) is 4.79 Å². The number of nitrogens with zero attached hydrogens (tertiary/aromatic N) is 3. The van der Waals surface area contributed by atoms with Crippen LogP contribution in [0.1, 0.15) is 6.92 Å². The van der Waals surface area contributed by atoms with Gasteiger partial charge in [0.1, 0.15) is 18.0 Å². The third-order valence-corrected chi connectivity index (χ3v) is 3.19. The fraction of sp³-hybridized carbons (Fsp3) is 0.200. The van der Waals surface area contributed by atoms with Crippen molar-refractivity contribution in [2.24, 2.45) is 0 Å². The van der Waals surface area contributed by atoms with Gasteiger partial charge in [-0.25, -0.2) is 0 Å². The van der Waals surface area contributed by atoms with Crippen LogP contribution in [0.4, 0.5) is 36.3 Å². The minimum absolute atomic E-state index is 0.0436. The minimum atomic E-state index is -4.38. The van der Waals surface area contributed by atoms with Crippen LogP contribution in [0.3, 0.4) is 0 Å². The largest absolute Gasteiger partial charge is 0.405 e. The number of pyridine rings is 1. The lowest BCUT2D eigenvalue weighted by Gasteiger charge is -2.12. The van der Waals surface area contributed by atoms with Gasteiger partial charge in [0.2, 0.25) is 11.9 Å². The number of carbonyl (C=O) groups is 1. The SMILES string of the molecule is CC(=O)Nc1cncc(Nc2nc(NCC(F)(F)F)c3cc[nH]c3n2)c1. The number of halogens is 3. The van der Waals surface area contributed by atoms with Crippen LogP contribution in [0.15, 0.2) is 30.7 Å². The normalized spacial score (nSPS) is 11.4. The maximum absolute atomic E-state index is 12.5. The molecule has 26 heavy (non-hydrogen) atoms. The second-order valence-electron chi connectivity index (χ2n) is 5.37. The summed E-state index contributed by atoms with van der Waals surface area (Å²) >= 11 is 0. The zero-order valence-electron chi connectivity index (χ0n) is 13.5. The molecule has 3 aromatic heterocycles. The summed E-state index contributed by atoms with van der Waals surface area (Å²) in [6, 6.07) is 3.18. The molecule has 0 aliphatic rings. The number of nitrogens with one attached hydrogen (secondary N) is 4. The lowest BCUT2D eigenvalue weighted by molar-refractivity contribution is -0.115. The highest BCUT2D eigenvalue weighted by Crippen LogP contribution is 2.25. The molecule has 3 aromatic rings. The summed E-state index contributed by atoms with van der Waals surface area (Å²) in [5.74, 6) is -0.139. The third kappa shape index (κ3) is 4.37. The molecule has 136 valence electrons. The Bertz CT molecular complexity index is 938. The van der Waals surface area contributed by atoms with Gasteiger partial charge >= 0.3 is 6.18 Å². The van der Waals surface area contributed by atoms with Crippen molar-refractivity contribution in [3.63, 3.8) is 0 Å². The molecule has 0 radical (unpaired) electrons. The molecule has 0 aromatic carbocycles. The summed E-state index contributed by atoms with van der Waals surface area (Å²) in [4.78, 5) is 26.2. The first-order valence-corrected chi connectivity index (χ1v) is 7.45. The van der Waals surface area contributed by atoms with E-state index in [1.165, 1.54) is 19.3 Å². The highest BCUT2D eigenvalue weighted by atomic mass is 19.4. The van der Waals surface area contributed by atoms with Crippen molar-refractivity contribution in [3.8, 4) is 0 Å². The summed E-state index contributed by atoms with van der Waals surface area (Å²) in [5.41, 5.74) is 1.29. The van der Waals surface area contributed by atoms with Gasteiger partial charge in [0.25, 0.3) is 0 Å². The van der Waals surface area contributed by atoms with E-state index in [2.05, 4.69) is 35.9 Å². The van der Waals surface area contributed by atoms with Crippen LogP contribution in [-0.4, -0.2) is 38.6 Å². The van der Waals surface area contributed by atoms with Crippen LogP contribution in [0.25, 0.3) is 11.0 Å². The lowest BCUT2D eigenvalue weighted by atomic mass is 10.3. The molecule has 0 fully saturated rings. The zero-order valence-corrected chi connectivity index (χ0v) is 13.5. The molecular weight excluding hydrogens is 351 g/mol. The molecule has 8 nitrogen and oxygen atoms in total. The van der Waals surface area contributed by atoms with Crippen LogP contribution >= 0.6 is 0 Å². The Labute approximate surface area is 145 Å².